The first kappa shape index (κ1) is 20.8. The van der Waals surface area contributed by atoms with E-state index in [1.165, 1.54) is 29.7 Å². The summed E-state index contributed by atoms with van der Waals surface area (Å²) in [5.41, 5.74) is 1.33. The molecule has 2 aromatic heterocycles. The number of anilines is 1. The van der Waals surface area contributed by atoms with Crippen molar-refractivity contribution >= 4 is 28.3 Å². The maximum absolute atomic E-state index is 12.7. The average molecular weight is 448 g/mol. The lowest BCUT2D eigenvalue weighted by atomic mass is 10.1. The van der Waals surface area contributed by atoms with Gasteiger partial charge in [0.2, 0.25) is 0 Å². The molecule has 0 spiro atoms. The molecule has 3 heterocycles. The summed E-state index contributed by atoms with van der Waals surface area (Å²) in [7, 11) is 0. The van der Waals surface area contributed by atoms with Gasteiger partial charge in [0.25, 0.3) is 11.8 Å². The van der Waals surface area contributed by atoms with Gasteiger partial charge < -0.3 is 9.64 Å². The third-order valence-corrected chi connectivity index (χ3v) is 5.47. The van der Waals surface area contributed by atoms with Crippen LogP contribution in [0.15, 0.2) is 48.7 Å². The number of thiazole rings is 1. The largest absolute Gasteiger partial charge is 0.573 e. The van der Waals surface area contributed by atoms with Crippen LogP contribution < -0.4 is 10.1 Å². The number of ether oxygens (including phenoxy) is 1. The molecule has 1 N–H and O–H groups in total. The molecule has 4 rings (SSSR count). The zero-order valence-corrected chi connectivity index (χ0v) is 16.7. The molecule has 2 amide bonds. The van der Waals surface area contributed by atoms with E-state index in [9.17, 15) is 22.8 Å². The molecule has 0 fully saturated rings. The SMILES string of the molecule is O=C(Nc1nc2c(s1)CN(C(=O)c1ccc(OC(F)(F)F)cc1)CC2)c1ccccn1. The number of benzene rings is 1. The molecule has 7 nitrogen and oxygen atoms in total. The zero-order valence-electron chi connectivity index (χ0n) is 15.8. The molecule has 0 saturated carbocycles. The van der Waals surface area contributed by atoms with Crippen molar-refractivity contribution in [3.8, 4) is 5.75 Å². The number of hydrogen-bond donors (Lipinski definition) is 1. The van der Waals surface area contributed by atoms with Gasteiger partial charge in [0, 0.05) is 29.6 Å². The van der Waals surface area contributed by atoms with Crippen LogP contribution in [0.5, 0.6) is 5.75 Å². The molecule has 0 saturated heterocycles. The van der Waals surface area contributed by atoms with Crippen LogP contribution in [0.25, 0.3) is 0 Å². The Labute approximate surface area is 178 Å². The van der Waals surface area contributed by atoms with Gasteiger partial charge in [-0.2, -0.15) is 0 Å². The monoisotopic (exact) mass is 448 g/mol. The number of nitrogens with zero attached hydrogens (tertiary/aromatic N) is 3. The van der Waals surface area contributed by atoms with E-state index in [0.717, 1.165) is 22.7 Å². The molecule has 0 unspecified atom stereocenters. The Kier molecular flexibility index (Phi) is 5.59. The highest BCUT2D eigenvalue weighted by molar-refractivity contribution is 7.15. The van der Waals surface area contributed by atoms with Crippen LogP contribution in [0, 0.1) is 0 Å². The third kappa shape index (κ3) is 5.00. The normalized spacial score (nSPS) is 13.5. The number of pyridine rings is 1. The predicted octanol–water partition coefficient (Wildman–Crippen LogP) is 3.89. The van der Waals surface area contributed by atoms with Crippen molar-refractivity contribution in [1.82, 2.24) is 14.9 Å². The van der Waals surface area contributed by atoms with E-state index in [1.807, 2.05) is 0 Å². The summed E-state index contributed by atoms with van der Waals surface area (Å²) in [6.07, 6.45) is -2.76. The number of nitrogens with one attached hydrogen (secondary N) is 1. The van der Waals surface area contributed by atoms with E-state index in [-0.39, 0.29) is 28.8 Å². The van der Waals surface area contributed by atoms with E-state index in [4.69, 9.17) is 0 Å². The maximum Gasteiger partial charge on any atom is 0.573 e. The topological polar surface area (TPSA) is 84.4 Å². The smallest absolute Gasteiger partial charge is 0.406 e. The second-order valence-electron chi connectivity index (χ2n) is 6.61. The molecule has 11 heteroatoms. The van der Waals surface area contributed by atoms with Crippen molar-refractivity contribution in [3.63, 3.8) is 0 Å². The van der Waals surface area contributed by atoms with E-state index in [2.05, 4.69) is 20.0 Å². The average Bonchev–Trinajstić information content (AvgIpc) is 3.14. The number of hydrogen-bond acceptors (Lipinski definition) is 6. The summed E-state index contributed by atoms with van der Waals surface area (Å²) < 4.78 is 40.7. The minimum absolute atomic E-state index is 0.256. The summed E-state index contributed by atoms with van der Waals surface area (Å²) >= 11 is 1.27. The Balaban J connectivity index is 1.42. The Morgan fingerprint density at radius 3 is 2.58 bits per heavy atom. The van der Waals surface area contributed by atoms with Crippen LogP contribution in [0.2, 0.25) is 0 Å². The summed E-state index contributed by atoms with van der Waals surface area (Å²) in [6.45, 7) is 0.704. The molecule has 31 heavy (non-hydrogen) atoms. The Morgan fingerprint density at radius 2 is 1.90 bits per heavy atom. The van der Waals surface area contributed by atoms with Crippen LogP contribution in [0.3, 0.4) is 0 Å². The van der Waals surface area contributed by atoms with Gasteiger partial charge in [0.1, 0.15) is 11.4 Å². The molecule has 1 aromatic carbocycles. The molecular weight excluding hydrogens is 433 g/mol. The van der Waals surface area contributed by atoms with Gasteiger partial charge in [0.15, 0.2) is 5.13 Å². The van der Waals surface area contributed by atoms with E-state index in [1.54, 1.807) is 23.1 Å². The Hall–Kier alpha value is -3.47. The van der Waals surface area contributed by atoms with Gasteiger partial charge in [-0.3, -0.25) is 19.9 Å². The fourth-order valence-corrected chi connectivity index (χ4v) is 4.08. The van der Waals surface area contributed by atoms with Crippen LogP contribution in [-0.4, -0.2) is 39.6 Å². The molecular formula is C20H15F3N4O3S. The highest BCUT2D eigenvalue weighted by Gasteiger charge is 2.31. The number of amides is 2. The molecule has 1 aliphatic heterocycles. The van der Waals surface area contributed by atoms with Crippen molar-refractivity contribution in [2.75, 3.05) is 11.9 Å². The standard InChI is InChI=1S/C20H15F3N4O3S/c21-20(22,23)30-13-6-4-12(5-7-13)18(29)27-10-8-14-16(11-27)31-19(25-14)26-17(28)15-3-1-2-9-24-15/h1-7,9H,8,10-11H2,(H,25,26,28). The van der Waals surface area contributed by atoms with Crippen molar-refractivity contribution in [2.45, 2.75) is 19.3 Å². The number of halogens is 3. The molecule has 0 atom stereocenters. The molecule has 3 aromatic rings. The van der Waals surface area contributed by atoms with Gasteiger partial charge in [-0.15, -0.1) is 13.2 Å². The first-order valence-corrected chi connectivity index (χ1v) is 9.96. The first-order chi connectivity index (χ1) is 14.8. The molecule has 0 aliphatic carbocycles. The second kappa shape index (κ2) is 8.34. The number of fused-ring (bicyclic) bond motifs is 1. The van der Waals surface area contributed by atoms with Crippen molar-refractivity contribution in [2.24, 2.45) is 0 Å². The molecule has 0 radical (unpaired) electrons. The number of carbonyl (C=O) groups is 2. The van der Waals surface area contributed by atoms with Gasteiger partial charge in [-0.05, 0) is 36.4 Å². The summed E-state index contributed by atoms with van der Waals surface area (Å²) in [5.74, 6) is -1.07. The lowest BCUT2D eigenvalue weighted by Gasteiger charge is -2.26. The van der Waals surface area contributed by atoms with Crippen molar-refractivity contribution < 1.29 is 27.5 Å². The summed E-state index contributed by atoms with van der Waals surface area (Å²) in [5, 5.41) is 3.13. The minimum Gasteiger partial charge on any atom is -0.406 e. The van der Waals surface area contributed by atoms with Gasteiger partial charge in [0.05, 0.1) is 12.2 Å². The van der Waals surface area contributed by atoms with E-state index < -0.39 is 6.36 Å². The van der Waals surface area contributed by atoms with Crippen LogP contribution in [0.1, 0.15) is 31.4 Å². The van der Waals surface area contributed by atoms with Gasteiger partial charge >= 0.3 is 6.36 Å². The van der Waals surface area contributed by atoms with Crippen molar-refractivity contribution in [3.05, 3.63) is 70.5 Å². The highest BCUT2D eigenvalue weighted by atomic mass is 32.1. The maximum atomic E-state index is 12.7. The Bertz CT molecular complexity index is 1100. The Morgan fingerprint density at radius 1 is 1.13 bits per heavy atom. The fraction of sp³-hybridized carbons (Fsp3) is 0.200. The quantitative estimate of drug-likeness (QED) is 0.655. The van der Waals surface area contributed by atoms with Crippen LogP contribution in [0.4, 0.5) is 18.3 Å². The number of carbonyl (C=O) groups excluding carboxylic acids is 2. The number of rotatable bonds is 4. The van der Waals surface area contributed by atoms with E-state index in [0.29, 0.717) is 24.6 Å². The van der Waals surface area contributed by atoms with Crippen LogP contribution in [-0.2, 0) is 13.0 Å². The third-order valence-electron chi connectivity index (χ3n) is 4.47. The van der Waals surface area contributed by atoms with Gasteiger partial charge in [-0.1, -0.05) is 17.4 Å². The minimum atomic E-state index is -4.79. The zero-order chi connectivity index (χ0) is 22.0. The first-order valence-electron chi connectivity index (χ1n) is 9.14. The second-order valence-corrected chi connectivity index (χ2v) is 7.69. The summed E-state index contributed by atoms with van der Waals surface area (Å²) in [4.78, 5) is 35.8. The van der Waals surface area contributed by atoms with Crippen LogP contribution >= 0.6 is 11.3 Å². The van der Waals surface area contributed by atoms with Crippen molar-refractivity contribution in [1.29, 1.82) is 0 Å². The predicted molar refractivity (Wildman–Crippen MR) is 106 cm³/mol. The number of alkyl halides is 3. The molecule has 1 aliphatic rings. The summed E-state index contributed by atoms with van der Waals surface area (Å²) in [6, 6.07) is 9.81. The van der Waals surface area contributed by atoms with E-state index >= 15 is 0 Å². The fourth-order valence-electron chi connectivity index (χ4n) is 3.06. The lowest BCUT2D eigenvalue weighted by Crippen LogP contribution is -2.35. The molecule has 160 valence electrons. The number of aromatic nitrogens is 2. The lowest BCUT2D eigenvalue weighted by molar-refractivity contribution is -0.274. The molecule has 0 bridgehead atoms. The van der Waals surface area contributed by atoms with Gasteiger partial charge in [-0.25, -0.2) is 4.98 Å². The highest BCUT2D eigenvalue weighted by Crippen LogP contribution is 2.30.